The van der Waals surface area contributed by atoms with E-state index in [4.69, 9.17) is 5.26 Å². The van der Waals surface area contributed by atoms with E-state index in [1.54, 1.807) is 0 Å². The maximum atomic E-state index is 13.7. The van der Waals surface area contributed by atoms with Crippen molar-refractivity contribution in [3.05, 3.63) is 0 Å². The van der Waals surface area contributed by atoms with Crippen molar-refractivity contribution in [1.82, 2.24) is 10.2 Å². The van der Waals surface area contributed by atoms with Gasteiger partial charge in [0, 0.05) is 19.1 Å². The summed E-state index contributed by atoms with van der Waals surface area (Å²) in [5.41, 5.74) is -0.431. The molecule has 1 N–H and O–H groups in total. The van der Waals surface area contributed by atoms with Gasteiger partial charge in [0.25, 0.3) is 5.92 Å². The maximum absolute atomic E-state index is 13.7. The molecule has 0 saturated carbocycles. The van der Waals surface area contributed by atoms with Crippen molar-refractivity contribution in [3.63, 3.8) is 0 Å². The second-order valence-corrected chi connectivity index (χ2v) is 5.76. The van der Waals surface area contributed by atoms with Crippen LogP contribution in [-0.2, 0) is 0 Å². The summed E-state index contributed by atoms with van der Waals surface area (Å²) in [6.07, 6.45) is 1.43. The van der Waals surface area contributed by atoms with Gasteiger partial charge in [-0.1, -0.05) is 0 Å². The minimum absolute atomic E-state index is 0. The lowest BCUT2D eigenvalue weighted by Gasteiger charge is -2.29. The normalized spacial score (nSPS) is 30.6. The van der Waals surface area contributed by atoms with Gasteiger partial charge in [0.2, 0.25) is 0 Å². The lowest BCUT2D eigenvalue weighted by molar-refractivity contribution is -0.0423. The Hall–Kier alpha value is -0.440. The van der Waals surface area contributed by atoms with E-state index in [0.717, 1.165) is 6.42 Å². The van der Waals surface area contributed by atoms with Gasteiger partial charge >= 0.3 is 0 Å². The quantitative estimate of drug-likeness (QED) is 0.859. The maximum Gasteiger partial charge on any atom is 0.276 e. The molecule has 0 aromatic rings. The van der Waals surface area contributed by atoms with E-state index in [2.05, 4.69) is 11.4 Å². The third-order valence-electron chi connectivity index (χ3n) is 3.86. The zero-order valence-electron chi connectivity index (χ0n) is 10.7. The Morgan fingerprint density at radius 2 is 2.17 bits per heavy atom. The average molecular weight is 280 g/mol. The predicted octanol–water partition coefficient (Wildman–Crippen LogP) is 2.03. The van der Waals surface area contributed by atoms with Crippen LogP contribution in [0.15, 0.2) is 0 Å². The van der Waals surface area contributed by atoms with Gasteiger partial charge in [0.05, 0.1) is 24.1 Å². The number of nitrogens with zero attached hydrogens (tertiary/aromatic N) is 2. The van der Waals surface area contributed by atoms with Crippen molar-refractivity contribution >= 4 is 12.4 Å². The topological polar surface area (TPSA) is 39.1 Å². The van der Waals surface area contributed by atoms with Crippen LogP contribution in [-0.4, -0.2) is 42.5 Å². The van der Waals surface area contributed by atoms with E-state index in [1.807, 2.05) is 18.7 Å². The highest BCUT2D eigenvalue weighted by Crippen LogP contribution is 2.36. The molecule has 0 spiro atoms. The Kier molecular flexibility index (Phi) is 4.58. The highest BCUT2D eigenvalue weighted by Gasteiger charge is 2.55. The van der Waals surface area contributed by atoms with Crippen LogP contribution in [0.3, 0.4) is 0 Å². The first-order chi connectivity index (χ1) is 7.86. The van der Waals surface area contributed by atoms with Crippen LogP contribution in [0.25, 0.3) is 0 Å². The van der Waals surface area contributed by atoms with Crippen molar-refractivity contribution < 1.29 is 8.78 Å². The second kappa shape index (κ2) is 5.28. The first-order valence-corrected chi connectivity index (χ1v) is 6.12. The number of fused-ring (bicyclic) bond motifs is 1. The number of rotatable bonds is 3. The number of likely N-dealkylation sites (tertiary alicyclic amines) is 1. The second-order valence-electron chi connectivity index (χ2n) is 5.76. The largest absolute Gasteiger partial charge is 0.306 e. The average Bonchev–Trinajstić information content (AvgIpc) is 2.79. The summed E-state index contributed by atoms with van der Waals surface area (Å²) in [4.78, 5) is 1.85. The molecule has 0 bridgehead atoms. The smallest absolute Gasteiger partial charge is 0.276 e. The molecule has 104 valence electrons. The molecule has 2 atom stereocenters. The Morgan fingerprint density at radius 3 is 2.78 bits per heavy atom. The first-order valence-electron chi connectivity index (χ1n) is 6.12. The molecule has 0 radical (unpaired) electrons. The van der Waals surface area contributed by atoms with Gasteiger partial charge in [0.15, 0.2) is 0 Å². The molecule has 2 rings (SSSR count). The van der Waals surface area contributed by atoms with Crippen molar-refractivity contribution in [2.75, 3.05) is 19.6 Å². The van der Waals surface area contributed by atoms with Crippen LogP contribution < -0.4 is 5.32 Å². The molecule has 0 aromatic heterocycles. The van der Waals surface area contributed by atoms with Crippen LogP contribution >= 0.6 is 12.4 Å². The van der Waals surface area contributed by atoms with Crippen molar-refractivity contribution in [2.24, 2.45) is 5.41 Å². The van der Waals surface area contributed by atoms with Gasteiger partial charge in [-0.2, -0.15) is 5.26 Å². The Balaban J connectivity index is 0.00000162. The van der Waals surface area contributed by atoms with Gasteiger partial charge in [-0.05, 0) is 26.7 Å². The van der Waals surface area contributed by atoms with E-state index in [9.17, 15) is 8.78 Å². The van der Waals surface area contributed by atoms with Gasteiger partial charge in [0.1, 0.15) is 0 Å². The fourth-order valence-electron chi connectivity index (χ4n) is 2.73. The SMILES string of the molecule is CC(C)(C#N)CCN1CCC2NCC(F)(F)C21.Cl. The standard InChI is InChI=1S/C12H19F2N3.ClH/c1-11(2,7-15)4-6-17-5-3-9-10(17)12(13,14)8-16-9;/h9-10,16H,3-6,8H2,1-2H3;1H. The van der Waals surface area contributed by atoms with Crippen molar-refractivity contribution in [3.8, 4) is 6.07 Å². The molecule has 2 fully saturated rings. The number of nitriles is 1. The van der Waals surface area contributed by atoms with E-state index in [-0.39, 0.29) is 25.0 Å². The minimum atomic E-state index is -2.63. The van der Waals surface area contributed by atoms with E-state index >= 15 is 0 Å². The molecule has 0 amide bonds. The number of nitrogens with one attached hydrogen (secondary N) is 1. The van der Waals surface area contributed by atoms with Gasteiger partial charge in [-0.15, -0.1) is 12.4 Å². The lowest BCUT2D eigenvalue weighted by Crippen LogP contribution is -2.46. The zero-order chi connectivity index (χ0) is 12.7. The monoisotopic (exact) mass is 279 g/mol. The summed E-state index contributed by atoms with van der Waals surface area (Å²) in [5.74, 6) is -2.63. The Morgan fingerprint density at radius 1 is 1.50 bits per heavy atom. The van der Waals surface area contributed by atoms with Gasteiger partial charge < -0.3 is 5.32 Å². The summed E-state index contributed by atoms with van der Waals surface area (Å²) in [6.45, 7) is 4.79. The summed E-state index contributed by atoms with van der Waals surface area (Å²) >= 11 is 0. The van der Waals surface area contributed by atoms with Crippen LogP contribution in [0.5, 0.6) is 0 Å². The predicted molar refractivity (Wildman–Crippen MR) is 68.0 cm³/mol. The Bertz CT molecular complexity index is 341. The highest BCUT2D eigenvalue weighted by atomic mass is 35.5. The third-order valence-corrected chi connectivity index (χ3v) is 3.86. The van der Waals surface area contributed by atoms with Crippen molar-refractivity contribution in [2.45, 2.75) is 44.7 Å². The molecule has 2 aliphatic heterocycles. The molecule has 2 aliphatic rings. The Labute approximate surface area is 113 Å². The fourth-order valence-corrected chi connectivity index (χ4v) is 2.73. The summed E-state index contributed by atoms with van der Waals surface area (Å²) in [5, 5.41) is 11.8. The number of hydrogen-bond acceptors (Lipinski definition) is 3. The number of hydrogen-bond donors (Lipinski definition) is 1. The van der Waals surface area contributed by atoms with E-state index in [0.29, 0.717) is 19.5 Å². The fraction of sp³-hybridized carbons (Fsp3) is 0.917. The molecule has 0 aliphatic carbocycles. The molecule has 18 heavy (non-hydrogen) atoms. The van der Waals surface area contributed by atoms with Crippen molar-refractivity contribution in [1.29, 1.82) is 5.26 Å². The number of halogens is 3. The molecule has 3 nitrogen and oxygen atoms in total. The third kappa shape index (κ3) is 2.93. The van der Waals surface area contributed by atoms with Crippen LogP contribution in [0.4, 0.5) is 8.78 Å². The zero-order valence-corrected chi connectivity index (χ0v) is 11.6. The summed E-state index contributed by atoms with van der Waals surface area (Å²) in [6, 6.07) is 1.47. The molecule has 2 saturated heterocycles. The first kappa shape index (κ1) is 15.6. The minimum Gasteiger partial charge on any atom is -0.306 e. The molecule has 6 heteroatoms. The summed E-state index contributed by atoms with van der Waals surface area (Å²) < 4.78 is 27.4. The molecular weight excluding hydrogens is 260 g/mol. The van der Waals surface area contributed by atoms with Crippen LogP contribution in [0.1, 0.15) is 26.7 Å². The molecular formula is C12H20ClF2N3. The van der Waals surface area contributed by atoms with E-state index < -0.39 is 17.4 Å². The van der Waals surface area contributed by atoms with Crippen LogP contribution in [0.2, 0.25) is 0 Å². The van der Waals surface area contributed by atoms with E-state index in [1.165, 1.54) is 0 Å². The molecule has 0 aromatic carbocycles. The lowest BCUT2D eigenvalue weighted by atomic mass is 9.91. The van der Waals surface area contributed by atoms with Gasteiger partial charge in [-0.25, -0.2) is 8.78 Å². The molecule has 2 heterocycles. The van der Waals surface area contributed by atoms with Gasteiger partial charge in [-0.3, -0.25) is 4.90 Å². The number of alkyl halides is 2. The van der Waals surface area contributed by atoms with Crippen LogP contribution in [0, 0.1) is 16.7 Å². The highest BCUT2D eigenvalue weighted by molar-refractivity contribution is 5.85. The summed E-state index contributed by atoms with van der Waals surface area (Å²) in [7, 11) is 0. The molecule has 2 unspecified atom stereocenters.